The lowest BCUT2D eigenvalue weighted by molar-refractivity contribution is -0.120. The fraction of sp³-hybridized carbons (Fsp3) is 0.133. The molecule has 2 amide bonds. The van der Waals surface area contributed by atoms with Crippen molar-refractivity contribution in [2.75, 3.05) is 4.90 Å². The second-order valence-electron chi connectivity index (χ2n) is 8.49. The zero-order valence-corrected chi connectivity index (χ0v) is 19.6. The first-order chi connectivity index (χ1) is 17.0. The van der Waals surface area contributed by atoms with Crippen molar-refractivity contribution in [3.63, 3.8) is 0 Å². The molecule has 0 atom stereocenters. The number of nitrogens with one attached hydrogen (secondary N) is 1. The molecule has 4 rings (SSSR count). The van der Waals surface area contributed by atoms with Gasteiger partial charge in [0.05, 0.1) is 13.0 Å². The second-order valence-corrected chi connectivity index (χ2v) is 8.49. The number of hydrogen-bond acceptors (Lipinski definition) is 2. The number of nitrogens with zero attached hydrogens (tertiary/aromatic N) is 1. The summed E-state index contributed by atoms with van der Waals surface area (Å²) in [7, 11) is 0. The highest BCUT2D eigenvalue weighted by Crippen LogP contribution is 2.22. The normalized spacial score (nSPS) is 10.6. The Bertz CT molecular complexity index is 1290. The summed E-state index contributed by atoms with van der Waals surface area (Å²) in [5, 5.41) is 2.93. The van der Waals surface area contributed by atoms with E-state index in [0.29, 0.717) is 18.8 Å². The van der Waals surface area contributed by atoms with Gasteiger partial charge in [-0.1, -0.05) is 78.4 Å². The van der Waals surface area contributed by atoms with Crippen molar-refractivity contribution >= 4 is 17.5 Å². The highest BCUT2D eigenvalue weighted by atomic mass is 19.1. The first-order valence-corrected chi connectivity index (χ1v) is 11.5. The number of carbonyl (C=O) groups excluding carboxylic acids is 2. The Balaban J connectivity index is 1.49. The third kappa shape index (κ3) is 6.64. The minimum absolute atomic E-state index is 0.0750. The summed E-state index contributed by atoms with van der Waals surface area (Å²) in [6, 6.07) is 30.7. The number of carbonyl (C=O) groups is 2. The molecular weight excluding hydrogens is 439 g/mol. The number of hydrogen-bond donors (Lipinski definition) is 1. The lowest BCUT2D eigenvalue weighted by Gasteiger charge is -2.24. The summed E-state index contributed by atoms with van der Waals surface area (Å²) in [4.78, 5) is 27.4. The van der Waals surface area contributed by atoms with E-state index in [4.69, 9.17) is 0 Å². The Morgan fingerprint density at radius 1 is 0.771 bits per heavy atom. The summed E-state index contributed by atoms with van der Waals surface area (Å²) in [6.07, 6.45) is 0.239. The number of rotatable bonds is 8. The monoisotopic (exact) mass is 466 g/mol. The van der Waals surface area contributed by atoms with E-state index in [0.717, 1.165) is 22.3 Å². The largest absolute Gasteiger partial charge is 0.352 e. The van der Waals surface area contributed by atoms with Gasteiger partial charge in [0.2, 0.25) is 5.91 Å². The van der Waals surface area contributed by atoms with Crippen molar-refractivity contribution in [3.05, 3.63) is 137 Å². The van der Waals surface area contributed by atoms with Crippen molar-refractivity contribution in [2.45, 2.75) is 26.4 Å². The van der Waals surface area contributed by atoms with Crippen LogP contribution < -0.4 is 10.2 Å². The van der Waals surface area contributed by atoms with E-state index in [9.17, 15) is 14.0 Å². The zero-order chi connectivity index (χ0) is 24.6. The molecule has 0 radical (unpaired) electrons. The molecule has 0 unspecified atom stereocenters. The summed E-state index contributed by atoms with van der Waals surface area (Å²) in [5.41, 5.74) is 4.93. The standard InChI is InChI=1S/C30H27FN2O2/c1-22-10-12-25(13-11-22)21-33(30(35)26-8-5-9-27(31)19-26)28-16-14-23(15-17-28)18-29(34)32-20-24-6-3-2-4-7-24/h2-17,19H,18,20-21H2,1H3,(H,32,34). The van der Waals surface area contributed by atoms with E-state index >= 15 is 0 Å². The first kappa shape index (κ1) is 23.9. The van der Waals surface area contributed by atoms with Gasteiger partial charge in [-0.3, -0.25) is 9.59 Å². The Labute approximate surface area is 205 Å². The van der Waals surface area contributed by atoms with Gasteiger partial charge in [-0.15, -0.1) is 0 Å². The Hall–Kier alpha value is -4.25. The fourth-order valence-corrected chi connectivity index (χ4v) is 3.77. The molecule has 4 nitrogen and oxygen atoms in total. The van der Waals surface area contributed by atoms with Crippen LogP contribution in [0, 0.1) is 12.7 Å². The van der Waals surface area contributed by atoms with Crippen LogP contribution in [0.1, 0.15) is 32.6 Å². The molecule has 0 spiro atoms. The quantitative estimate of drug-likeness (QED) is 0.355. The van der Waals surface area contributed by atoms with E-state index in [-0.39, 0.29) is 23.8 Å². The lowest BCUT2D eigenvalue weighted by atomic mass is 10.1. The lowest BCUT2D eigenvalue weighted by Crippen LogP contribution is -2.30. The van der Waals surface area contributed by atoms with Gasteiger partial charge >= 0.3 is 0 Å². The molecule has 1 N–H and O–H groups in total. The van der Waals surface area contributed by atoms with Gasteiger partial charge < -0.3 is 10.2 Å². The topological polar surface area (TPSA) is 49.4 Å². The predicted molar refractivity (Wildman–Crippen MR) is 137 cm³/mol. The number of amides is 2. The average Bonchev–Trinajstić information content (AvgIpc) is 2.88. The van der Waals surface area contributed by atoms with Crippen LogP contribution in [0.5, 0.6) is 0 Å². The smallest absolute Gasteiger partial charge is 0.258 e. The van der Waals surface area contributed by atoms with Crippen LogP contribution in [0.25, 0.3) is 0 Å². The molecule has 0 saturated heterocycles. The van der Waals surface area contributed by atoms with Crippen molar-refractivity contribution in [2.24, 2.45) is 0 Å². The molecular formula is C30H27FN2O2. The van der Waals surface area contributed by atoms with Crippen molar-refractivity contribution in [1.29, 1.82) is 0 Å². The van der Waals surface area contributed by atoms with Gasteiger partial charge in [0.15, 0.2) is 0 Å². The van der Waals surface area contributed by atoms with Crippen molar-refractivity contribution in [1.82, 2.24) is 5.32 Å². The Kier molecular flexibility index (Phi) is 7.68. The summed E-state index contributed by atoms with van der Waals surface area (Å²) >= 11 is 0. The SMILES string of the molecule is Cc1ccc(CN(C(=O)c2cccc(F)c2)c2ccc(CC(=O)NCc3ccccc3)cc2)cc1. The molecule has 0 heterocycles. The van der Waals surface area contributed by atoms with Crippen LogP contribution in [-0.4, -0.2) is 11.8 Å². The number of halogens is 1. The molecule has 0 bridgehead atoms. The molecule has 0 aliphatic carbocycles. The third-order valence-electron chi connectivity index (χ3n) is 5.72. The summed E-state index contributed by atoms with van der Waals surface area (Å²) in [6.45, 7) is 2.82. The maximum absolute atomic E-state index is 13.8. The first-order valence-electron chi connectivity index (χ1n) is 11.5. The minimum atomic E-state index is -0.456. The van der Waals surface area contributed by atoms with Crippen LogP contribution >= 0.6 is 0 Å². The molecule has 0 fully saturated rings. The highest BCUT2D eigenvalue weighted by Gasteiger charge is 2.19. The molecule has 5 heteroatoms. The summed E-state index contributed by atoms with van der Waals surface area (Å²) < 4.78 is 13.8. The zero-order valence-electron chi connectivity index (χ0n) is 19.6. The minimum Gasteiger partial charge on any atom is -0.352 e. The number of anilines is 1. The average molecular weight is 467 g/mol. The van der Waals surface area contributed by atoms with E-state index in [1.807, 2.05) is 85.8 Å². The second kappa shape index (κ2) is 11.3. The maximum atomic E-state index is 13.8. The van der Waals surface area contributed by atoms with Crippen molar-refractivity contribution < 1.29 is 14.0 Å². The van der Waals surface area contributed by atoms with Crippen LogP contribution in [0.15, 0.2) is 103 Å². The Morgan fingerprint density at radius 3 is 2.14 bits per heavy atom. The van der Waals surface area contributed by atoms with Crippen LogP contribution in [-0.2, 0) is 24.3 Å². The summed E-state index contributed by atoms with van der Waals surface area (Å²) in [5.74, 6) is -0.824. The number of aryl methyl sites for hydroxylation is 1. The fourth-order valence-electron chi connectivity index (χ4n) is 3.77. The highest BCUT2D eigenvalue weighted by molar-refractivity contribution is 6.06. The molecule has 176 valence electrons. The molecule has 0 aliphatic rings. The van der Waals surface area contributed by atoms with Crippen LogP contribution in [0.4, 0.5) is 10.1 Å². The van der Waals surface area contributed by atoms with Gasteiger partial charge in [0.1, 0.15) is 5.82 Å². The van der Waals surface area contributed by atoms with Crippen LogP contribution in [0.2, 0.25) is 0 Å². The van der Waals surface area contributed by atoms with E-state index in [1.165, 1.54) is 18.2 Å². The third-order valence-corrected chi connectivity index (χ3v) is 5.72. The molecule has 4 aromatic rings. The molecule has 0 saturated carbocycles. The Morgan fingerprint density at radius 2 is 1.46 bits per heavy atom. The van der Waals surface area contributed by atoms with E-state index < -0.39 is 5.82 Å². The van der Waals surface area contributed by atoms with Crippen molar-refractivity contribution in [3.8, 4) is 0 Å². The number of benzene rings is 4. The van der Waals surface area contributed by atoms with Gasteiger partial charge in [0, 0.05) is 17.8 Å². The van der Waals surface area contributed by atoms with E-state index in [1.54, 1.807) is 11.0 Å². The van der Waals surface area contributed by atoms with Gasteiger partial charge in [0.25, 0.3) is 5.91 Å². The molecule has 35 heavy (non-hydrogen) atoms. The predicted octanol–water partition coefficient (Wildman–Crippen LogP) is 5.84. The maximum Gasteiger partial charge on any atom is 0.258 e. The molecule has 4 aromatic carbocycles. The molecule has 0 aromatic heterocycles. The molecule has 0 aliphatic heterocycles. The van der Waals surface area contributed by atoms with Gasteiger partial charge in [-0.05, 0) is 53.9 Å². The van der Waals surface area contributed by atoms with Crippen LogP contribution in [0.3, 0.4) is 0 Å². The van der Waals surface area contributed by atoms with Gasteiger partial charge in [-0.25, -0.2) is 4.39 Å². The van der Waals surface area contributed by atoms with Gasteiger partial charge in [-0.2, -0.15) is 0 Å². The van der Waals surface area contributed by atoms with E-state index in [2.05, 4.69) is 5.32 Å².